The van der Waals surface area contributed by atoms with E-state index in [9.17, 15) is 9.46 Å². The van der Waals surface area contributed by atoms with E-state index in [1.54, 1.807) is 0 Å². The predicted octanol–water partition coefficient (Wildman–Crippen LogP) is 9.67. The third-order valence-electron chi connectivity index (χ3n) is 7.74. The van der Waals surface area contributed by atoms with E-state index >= 15 is 0 Å². The highest BCUT2D eigenvalue weighted by Gasteiger charge is 2.52. The van der Waals surface area contributed by atoms with Crippen LogP contribution in [0.2, 0.25) is 0 Å². The van der Waals surface area contributed by atoms with Crippen molar-refractivity contribution in [3.63, 3.8) is 0 Å². The van der Waals surface area contributed by atoms with Gasteiger partial charge >= 0.3 is 8.03 Å². The first-order valence-electron chi connectivity index (χ1n) is 14.9. The van der Waals surface area contributed by atoms with E-state index in [-0.39, 0.29) is 0 Å². The van der Waals surface area contributed by atoms with Crippen molar-refractivity contribution < 1.29 is 13.9 Å². The van der Waals surface area contributed by atoms with Gasteiger partial charge in [0, 0.05) is 12.8 Å². The zero-order valence-electron chi connectivity index (χ0n) is 23.9. The molecule has 0 saturated heterocycles. The van der Waals surface area contributed by atoms with Crippen molar-refractivity contribution in [1.82, 2.24) is 0 Å². The minimum atomic E-state index is -2.44. The molecular formula is C30H61NO2P+. The fourth-order valence-corrected chi connectivity index (χ4v) is 6.27. The van der Waals surface area contributed by atoms with Gasteiger partial charge in [-0.25, -0.2) is 0 Å². The maximum atomic E-state index is 12.0. The van der Waals surface area contributed by atoms with Crippen LogP contribution < -0.4 is 4.89 Å². The third-order valence-corrected chi connectivity index (χ3v) is 9.56. The van der Waals surface area contributed by atoms with Gasteiger partial charge in [0.05, 0.1) is 21.1 Å². The molecule has 0 aromatic heterocycles. The Balaban J connectivity index is 3.48. The Kier molecular flexibility index (Phi) is 21.8. The maximum Gasteiger partial charge on any atom is 0.376 e. The van der Waals surface area contributed by atoms with Gasteiger partial charge in [-0.1, -0.05) is 133 Å². The molecule has 3 nitrogen and oxygen atoms in total. The van der Waals surface area contributed by atoms with Crippen molar-refractivity contribution in [1.29, 1.82) is 0 Å². The molecule has 0 amide bonds. The molecule has 0 aliphatic rings. The minimum Gasteiger partial charge on any atom is -0.590 e. The van der Waals surface area contributed by atoms with Crippen LogP contribution in [0.25, 0.3) is 0 Å². The number of nitrogens with zero attached hydrogens (tertiary/aromatic N) is 1. The SMILES string of the molecule is CCCCCCCCCCCCCCCCCCC/C=C\CCCC(CC)([P+](=O)[O-])[N+](C)(C)C. The van der Waals surface area contributed by atoms with Gasteiger partial charge in [-0.15, -0.1) is 0 Å². The summed E-state index contributed by atoms with van der Waals surface area (Å²) in [6.07, 6.45) is 33.2. The molecule has 0 rings (SSSR count). The van der Waals surface area contributed by atoms with Gasteiger partial charge in [-0.05, 0) is 25.7 Å². The Morgan fingerprint density at radius 3 is 1.29 bits per heavy atom. The van der Waals surface area contributed by atoms with Crippen LogP contribution in [0.1, 0.15) is 155 Å². The smallest absolute Gasteiger partial charge is 0.376 e. The molecule has 0 aliphatic carbocycles. The molecule has 0 fully saturated rings. The molecule has 0 heterocycles. The van der Waals surface area contributed by atoms with E-state index < -0.39 is 13.3 Å². The Hall–Kier alpha value is -0.240. The Bertz CT molecular complexity index is 501. The van der Waals surface area contributed by atoms with Gasteiger partial charge < -0.3 is 4.89 Å². The van der Waals surface area contributed by atoms with Crippen LogP contribution in [0.3, 0.4) is 0 Å². The summed E-state index contributed by atoms with van der Waals surface area (Å²) in [5.41, 5.74) is 0. The Morgan fingerprint density at radius 1 is 0.618 bits per heavy atom. The first kappa shape index (κ1) is 33.8. The molecule has 0 saturated carbocycles. The van der Waals surface area contributed by atoms with Crippen LogP contribution in [0.15, 0.2) is 12.2 Å². The van der Waals surface area contributed by atoms with Crippen molar-refractivity contribution in [3.8, 4) is 0 Å². The number of quaternary nitrogens is 1. The third kappa shape index (κ3) is 16.4. The van der Waals surface area contributed by atoms with Gasteiger partial charge in [0.2, 0.25) is 0 Å². The second-order valence-corrected chi connectivity index (χ2v) is 12.8. The van der Waals surface area contributed by atoms with Crippen molar-refractivity contribution >= 4 is 8.03 Å². The van der Waals surface area contributed by atoms with Crippen LogP contribution in [0, 0.1) is 0 Å². The highest BCUT2D eigenvalue weighted by atomic mass is 31.1. The minimum absolute atomic E-state index is 0.491. The second-order valence-electron chi connectivity index (χ2n) is 11.4. The Morgan fingerprint density at radius 2 is 0.971 bits per heavy atom. The second kappa shape index (κ2) is 22.0. The van der Waals surface area contributed by atoms with E-state index in [1.165, 1.54) is 116 Å². The molecule has 2 atom stereocenters. The summed E-state index contributed by atoms with van der Waals surface area (Å²) in [4.78, 5) is 12.0. The van der Waals surface area contributed by atoms with Crippen LogP contribution in [-0.2, 0) is 4.57 Å². The summed E-state index contributed by atoms with van der Waals surface area (Å²) in [6.45, 7) is 4.29. The molecule has 0 aliphatic heterocycles. The summed E-state index contributed by atoms with van der Waals surface area (Å²) >= 11 is 0. The van der Waals surface area contributed by atoms with Crippen LogP contribution >= 0.6 is 8.03 Å². The molecular weight excluding hydrogens is 437 g/mol. The summed E-state index contributed by atoms with van der Waals surface area (Å²) in [5.74, 6) is 0. The van der Waals surface area contributed by atoms with Gasteiger partial charge in [0.25, 0.3) is 5.28 Å². The quantitative estimate of drug-likeness (QED) is 0.0544. The number of rotatable bonds is 25. The number of hydrogen-bond donors (Lipinski definition) is 0. The molecule has 0 aromatic rings. The number of hydrogen-bond acceptors (Lipinski definition) is 2. The fourth-order valence-electron chi connectivity index (χ4n) is 5.18. The van der Waals surface area contributed by atoms with E-state index in [1.807, 2.05) is 28.1 Å². The van der Waals surface area contributed by atoms with E-state index in [0.29, 0.717) is 10.9 Å². The van der Waals surface area contributed by atoms with E-state index in [4.69, 9.17) is 0 Å². The lowest BCUT2D eigenvalue weighted by Crippen LogP contribution is -2.55. The lowest BCUT2D eigenvalue weighted by atomic mass is 10.0. The fraction of sp³-hybridized carbons (Fsp3) is 0.933. The highest BCUT2D eigenvalue weighted by molar-refractivity contribution is 7.38. The highest BCUT2D eigenvalue weighted by Crippen LogP contribution is 2.44. The van der Waals surface area contributed by atoms with Gasteiger partial charge in [0.1, 0.15) is 0 Å². The molecule has 0 N–H and O–H groups in total. The monoisotopic (exact) mass is 498 g/mol. The lowest BCUT2D eigenvalue weighted by Gasteiger charge is -2.39. The maximum absolute atomic E-state index is 12.0. The zero-order valence-corrected chi connectivity index (χ0v) is 24.8. The van der Waals surface area contributed by atoms with Gasteiger partial charge in [0.15, 0.2) is 0 Å². The van der Waals surface area contributed by atoms with Crippen molar-refractivity contribution in [2.45, 2.75) is 160 Å². The molecule has 34 heavy (non-hydrogen) atoms. The summed E-state index contributed by atoms with van der Waals surface area (Å²) in [7, 11) is 3.57. The first-order chi connectivity index (χ1) is 16.3. The molecule has 0 aromatic carbocycles. The standard InChI is InChI=1S/C30H61NO2P/c1-6-8-9-10-11-12-13-14-15-16-17-18-19-20-21-22-23-24-25-26-27-28-29-30(7-2,34(32)33)31(3,4)5/h25-26H,6-24,27-29H2,1-5H3/q+1/b26-25-. The average Bonchev–Trinajstić information content (AvgIpc) is 2.78. The molecule has 2 unspecified atom stereocenters. The van der Waals surface area contributed by atoms with Crippen molar-refractivity contribution in [2.24, 2.45) is 0 Å². The van der Waals surface area contributed by atoms with Gasteiger partial charge in [-0.3, -0.25) is 4.48 Å². The molecule has 4 heteroatoms. The number of allylic oxidation sites excluding steroid dienone is 2. The first-order valence-corrected chi connectivity index (χ1v) is 16.1. The molecule has 0 spiro atoms. The summed E-state index contributed by atoms with van der Waals surface area (Å²) in [6, 6.07) is 0. The van der Waals surface area contributed by atoms with Gasteiger partial charge in [-0.2, -0.15) is 0 Å². The lowest BCUT2D eigenvalue weighted by molar-refractivity contribution is -0.910. The molecule has 0 bridgehead atoms. The normalized spacial score (nSPS) is 14.6. The average molecular weight is 499 g/mol. The molecule has 0 radical (unpaired) electrons. The summed E-state index contributed by atoms with van der Waals surface area (Å²) < 4.78 is 12.4. The zero-order chi connectivity index (χ0) is 25.5. The topological polar surface area (TPSA) is 40.1 Å². The van der Waals surface area contributed by atoms with Crippen LogP contribution in [0.4, 0.5) is 0 Å². The van der Waals surface area contributed by atoms with E-state index in [2.05, 4.69) is 19.1 Å². The van der Waals surface area contributed by atoms with Crippen molar-refractivity contribution in [3.05, 3.63) is 12.2 Å². The van der Waals surface area contributed by atoms with E-state index in [0.717, 1.165) is 19.3 Å². The summed E-state index contributed by atoms with van der Waals surface area (Å²) in [5, 5.41) is -0.628. The largest absolute Gasteiger partial charge is 0.590 e. The molecule has 202 valence electrons. The predicted molar refractivity (Wildman–Crippen MR) is 150 cm³/mol. The Labute approximate surface area is 215 Å². The van der Waals surface area contributed by atoms with Crippen molar-refractivity contribution in [2.75, 3.05) is 21.1 Å². The van der Waals surface area contributed by atoms with Crippen LogP contribution in [-0.4, -0.2) is 30.9 Å². The number of unbranched alkanes of at least 4 members (excludes halogenated alkanes) is 18. The van der Waals surface area contributed by atoms with Crippen LogP contribution in [0.5, 0.6) is 0 Å².